The summed E-state index contributed by atoms with van der Waals surface area (Å²) in [6.07, 6.45) is 0. The Morgan fingerprint density at radius 3 is 1.71 bits per heavy atom. The summed E-state index contributed by atoms with van der Waals surface area (Å²) in [5, 5.41) is 3.12. The van der Waals surface area contributed by atoms with Crippen LogP contribution in [0, 0.1) is 17.3 Å². The fraction of sp³-hybridized carbons (Fsp3) is 0.917. The molecule has 1 atom stereocenters. The van der Waals surface area contributed by atoms with Gasteiger partial charge in [-0.05, 0) is 11.3 Å². The molecule has 0 aliphatic carbocycles. The van der Waals surface area contributed by atoms with Crippen molar-refractivity contribution in [2.24, 2.45) is 17.3 Å². The van der Waals surface area contributed by atoms with Gasteiger partial charge in [0.25, 0.3) is 0 Å². The lowest BCUT2D eigenvalue weighted by atomic mass is 9.80. The third-order valence-electron chi connectivity index (χ3n) is 2.42. The Morgan fingerprint density at radius 1 is 1.07 bits per heavy atom. The van der Waals surface area contributed by atoms with Crippen LogP contribution in [0.15, 0.2) is 0 Å². The molecule has 1 N–H and O–H groups in total. The van der Waals surface area contributed by atoms with Crippen molar-refractivity contribution in [1.29, 1.82) is 0 Å². The highest BCUT2D eigenvalue weighted by Crippen LogP contribution is 2.25. The highest BCUT2D eigenvalue weighted by molar-refractivity contribution is 5.78. The van der Waals surface area contributed by atoms with Gasteiger partial charge in [0.15, 0.2) is 0 Å². The van der Waals surface area contributed by atoms with Crippen LogP contribution in [0.25, 0.3) is 0 Å². The van der Waals surface area contributed by atoms with E-state index in [2.05, 4.69) is 39.9 Å². The predicted molar refractivity (Wildman–Crippen MR) is 61.1 cm³/mol. The Labute approximate surface area is 88.5 Å². The number of hydrogen-bond donors (Lipinski definition) is 1. The van der Waals surface area contributed by atoms with Crippen molar-refractivity contribution < 1.29 is 4.79 Å². The second kappa shape index (κ2) is 4.81. The lowest BCUT2D eigenvalue weighted by molar-refractivity contribution is -0.125. The van der Waals surface area contributed by atoms with Gasteiger partial charge in [-0.3, -0.25) is 4.79 Å². The van der Waals surface area contributed by atoms with Crippen molar-refractivity contribution in [2.45, 2.75) is 54.5 Å². The summed E-state index contributed by atoms with van der Waals surface area (Å²) in [5.74, 6) is 0.690. The minimum absolute atomic E-state index is 0.0681. The van der Waals surface area contributed by atoms with Crippen LogP contribution in [0.2, 0.25) is 0 Å². The standard InChI is InChI=1S/C12H25NO/c1-8(2)10(12(5,6)7)13-11(14)9(3)4/h8-10H,1-7H3,(H,13,14). The fourth-order valence-corrected chi connectivity index (χ4v) is 1.70. The van der Waals surface area contributed by atoms with E-state index in [0.29, 0.717) is 5.92 Å². The Hall–Kier alpha value is -0.530. The Balaban J connectivity index is 4.48. The van der Waals surface area contributed by atoms with Crippen molar-refractivity contribution >= 4 is 5.91 Å². The number of carbonyl (C=O) groups is 1. The van der Waals surface area contributed by atoms with Gasteiger partial charge < -0.3 is 5.32 Å². The minimum Gasteiger partial charge on any atom is -0.352 e. The minimum atomic E-state index is 0.0681. The molecule has 1 amide bonds. The quantitative estimate of drug-likeness (QED) is 0.744. The first-order valence-corrected chi connectivity index (χ1v) is 5.46. The molecule has 0 saturated carbocycles. The van der Waals surface area contributed by atoms with Crippen LogP contribution in [0.4, 0.5) is 0 Å². The monoisotopic (exact) mass is 199 g/mol. The molecule has 84 valence electrons. The Bertz CT molecular complexity index is 189. The number of carbonyl (C=O) groups excluding carboxylic acids is 1. The molecule has 0 rings (SSSR count). The molecule has 0 bridgehead atoms. The number of nitrogens with one attached hydrogen (secondary N) is 1. The molecule has 0 fully saturated rings. The van der Waals surface area contributed by atoms with Crippen molar-refractivity contribution in [2.75, 3.05) is 0 Å². The second-order valence-electron chi connectivity index (χ2n) is 5.75. The van der Waals surface area contributed by atoms with Gasteiger partial charge in [0.1, 0.15) is 0 Å². The number of rotatable bonds is 3. The zero-order chi connectivity index (χ0) is 11.5. The summed E-state index contributed by atoms with van der Waals surface area (Å²) in [6.45, 7) is 14.6. The zero-order valence-electron chi connectivity index (χ0n) is 10.6. The molecule has 0 aromatic carbocycles. The summed E-state index contributed by atoms with van der Waals surface area (Å²) < 4.78 is 0. The van der Waals surface area contributed by atoms with Gasteiger partial charge in [-0.25, -0.2) is 0 Å². The van der Waals surface area contributed by atoms with E-state index in [-0.39, 0.29) is 23.3 Å². The SMILES string of the molecule is CC(C)C(=O)NC(C(C)C)C(C)(C)C. The van der Waals surface area contributed by atoms with Crippen LogP contribution in [0.3, 0.4) is 0 Å². The maximum Gasteiger partial charge on any atom is 0.222 e. The van der Waals surface area contributed by atoms with Crippen molar-refractivity contribution in [1.82, 2.24) is 5.32 Å². The summed E-state index contributed by atoms with van der Waals surface area (Å²) in [6, 6.07) is 0.248. The maximum absolute atomic E-state index is 11.6. The molecule has 0 aromatic heterocycles. The highest BCUT2D eigenvalue weighted by atomic mass is 16.1. The molecule has 2 heteroatoms. The topological polar surface area (TPSA) is 29.1 Å². The van der Waals surface area contributed by atoms with Crippen LogP contribution < -0.4 is 5.32 Å². The van der Waals surface area contributed by atoms with Gasteiger partial charge in [0.2, 0.25) is 5.91 Å². The Morgan fingerprint density at radius 2 is 1.50 bits per heavy atom. The molecule has 0 heterocycles. The molecule has 14 heavy (non-hydrogen) atoms. The summed E-state index contributed by atoms with van der Waals surface area (Å²) in [7, 11) is 0. The van der Waals surface area contributed by atoms with E-state index >= 15 is 0 Å². The first kappa shape index (κ1) is 13.5. The van der Waals surface area contributed by atoms with E-state index in [9.17, 15) is 4.79 Å². The Kier molecular flexibility index (Phi) is 4.63. The molecule has 0 spiro atoms. The largest absolute Gasteiger partial charge is 0.352 e. The number of amides is 1. The molecule has 0 radical (unpaired) electrons. The van der Waals surface area contributed by atoms with Gasteiger partial charge >= 0.3 is 0 Å². The van der Waals surface area contributed by atoms with E-state index < -0.39 is 0 Å². The lowest BCUT2D eigenvalue weighted by Gasteiger charge is -2.35. The van der Waals surface area contributed by atoms with Gasteiger partial charge in [-0.15, -0.1) is 0 Å². The van der Waals surface area contributed by atoms with Crippen LogP contribution in [-0.4, -0.2) is 11.9 Å². The zero-order valence-corrected chi connectivity index (χ0v) is 10.6. The molecule has 0 aliphatic rings. The molecule has 0 aromatic rings. The smallest absolute Gasteiger partial charge is 0.222 e. The normalized spacial score (nSPS) is 14.6. The summed E-state index contributed by atoms with van der Waals surface area (Å²) in [5.41, 5.74) is 0.124. The van der Waals surface area contributed by atoms with E-state index in [4.69, 9.17) is 0 Å². The average molecular weight is 199 g/mol. The summed E-state index contributed by atoms with van der Waals surface area (Å²) >= 11 is 0. The average Bonchev–Trinajstić information content (AvgIpc) is 1.96. The van der Waals surface area contributed by atoms with Gasteiger partial charge in [0, 0.05) is 12.0 Å². The first-order chi connectivity index (χ1) is 6.16. The maximum atomic E-state index is 11.6. The van der Waals surface area contributed by atoms with E-state index in [1.165, 1.54) is 0 Å². The molecular formula is C12H25NO. The molecule has 1 unspecified atom stereocenters. The van der Waals surface area contributed by atoms with Crippen molar-refractivity contribution in [3.05, 3.63) is 0 Å². The predicted octanol–water partition coefficient (Wildman–Crippen LogP) is 2.83. The van der Waals surface area contributed by atoms with Gasteiger partial charge in [-0.1, -0.05) is 48.5 Å². The van der Waals surface area contributed by atoms with Gasteiger partial charge in [0.05, 0.1) is 0 Å². The third kappa shape index (κ3) is 4.12. The third-order valence-corrected chi connectivity index (χ3v) is 2.42. The molecule has 2 nitrogen and oxygen atoms in total. The van der Waals surface area contributed by atoms with Crippen LogP contribution >= 0.6 is 0 Å². The molecule has 0 aliphatic heterocycles. The van der Waals surface area contributed by atoms with Crippen LogP contribution in [0.1, 0.15) is 48.5 Å². The first-order valence-electron chi connectivity index (χ1n) is 5.46. The lowest BCUT2D eigenvalue weighted by Crippen LogP contribution is -2.48. The summed E-state index contributed by atoms with van der Waals surface area (Å²) in [4.78, 5) is 11.6. The van der Waals surface area contributed by atoms with Crippen LogP contribution in [-0.2, 0) is 4.79 Å². The highest BCUT2D eigenvalue weighted by Gasteiger charge is 2.29. The molecular weight excluding hydrogens is 174 g/mol. The van der Waals surface area contributed by atoms with Crippen molar-refractivity contribution in [3.63, 3.8) is 0 Å². The number of hydrogen-bond acceptors (Lipinski definition) is 1. The van der Waals surface area contributed by atoms with E-state index in [1.807, 2.05) is 13.8 Å². The second-order valence-corrected chi connectivity index (χ2v) is 5.75. The van der Waals surface area contributed by atoms with Crippen molar-refractivity contribution in [3.8, 4) is 0 Å². The van der Waals surface area contributed by atoms with E-state index in [1.54, 1.807) is 0 Å². The van der Waals surface area contributed by atoms with Crippen LogP contribution in [0.5, 0.6) is 0 Å². The van der Waals surface area contributed by atoms with Gasteiger partial charge in [-0.2, -0.15) is 0 Å². The molecule has 0 saturated heterocycles. The fourth-order valence-electron chi connectivity index (χ4n) is 1.70. The van der Waals surface area contributed by atoms with E-state index in [0.717, 1.165) is 0 Å².